The van der Waals surface area contributed by atoms with Gasteiger partial charge in [0.05, 0.1) is 13.2 Å². The Balaban J connectivity index is 1.59. The molecule has 0 saturated heterocycles. The molecule has 0 N–H and O–H groups in total. The van der Waals surface area contributed by atoms with Gasteiger partial charge in [-0.05, 0) is 54.1 Å². The lowest BCUT2D eigenvalue weighted by molar-refractivity contribution is 0.153. The van der Waals surface area contributed by atoms with Crippen molar-refractivity contribution < 1.29 is 9.16 Å². The normalized spacial score (nSPS) is 11.8. The van der Waals surface area contributed by atoms with E-state index in [9.17, 15) is 0 Å². The third-order valence-corrected chi connectivity index (χ3v) is 10.3. The second kappa shape index (κ2) is 12.1. The minimum atomic E-state index is -1.70. The molecule has 2 nitrogen and oxygen atoms in total. The molecule has 0 spiro atoms. The number of hydrogen-bond donors (Lipinski definition) is 0. The Labute approximate surface area is 185 Å². The van der Waals surface area contributed by atoms with Crippen molar-refractivity contribution in [3.8, 4) is 11.8 Å². The van der Waals surface area contributed by atoms with Crippen LogP contribution in [0.15, 0.2) is 54.6 Å². The van der Waals surface area contributed by atoms with Crippen LogP contribution >= 0.6 is 0 Å². The van der Waals surface area contributed by atoms with E-state index in [0.29, 0.717) is 19.8 Å². The van der Waals surface area contributed by atoms with Crippen LogP contribution in [0.25, 0.3) is 0 Å². The number of unbranched alkanes of at least 4 members (excludes halogenated alkanes) is 2. The van der Waals surface area contributed by atoms with Crippen molar-refractivity contribution in [2.24, 2.45) is 0 Å². The Kier molecular flexibility index (Phi) is 9.85. The molecule has 0 aliphatic carbocycles. The fraction of sp³-hybridized carbons (Fsp3) is 0.481. The van der Waals surface area contributed by atoms with Gasteiger partial charge in [-0.3, -0.25) is 0 Å². The summed E-state index contributed by atoms with van der Waals surface area (Å²) in [5.41, 5.74) is 3.81. The standard InChI is InChI=1S/C27H38O2Si/c1-27(2,3)30(4,5)29-23-26-19-17-25(18-20-26)22-28-21-13-8-6-7-10-14-24-15-11-9-12-16-24/h9,11-12,15-20H,6-7,10,14,21-23H2,1-5H3. The molecule has 0 atom stereocenters. The molecule has 0 saturated carbocycles. The fourth-order valence-electron chi connectivity index (χ4n) is 2.76. The molecule has 0 heterocycles. The van der Waals surface area contributed by atoms with Crippen LogP contribution in [0.2, 0.25) is 18.1 Å². The fourth-order valence-corrected chi connectivity index (χ4v) is 3.72. The van der Waals surface area contributed by atoms with E-state index >= 15 is 0 Å². The summed E-state index contributed by atoms with van der Waals surface area (Å²) in [4.78, 5) is 0. The molecule has 2 aromatic carbocycles. The van der Waals surface area contributed by atoms with Crippen LogP contribution in [0.3, 0.4) is 0 Å². The van der Waals surface area contributed by atoms with Crippen molar-refractivity contribution in [1.82, 2.24) is 0 Å². The van der Waals surface area contributed by atoms with Crippen LogP contribution in [0.5, 0.6) is 0 Å². The van der Waals surface area contributed by atoms with Gasteiger partial charge in [0.1, 0.15) is 6.61 Å². The van der Waals surface area contributed by atoms with Gasteiger partial charge in [-0.25, -0.2) is 0 Å². The number of aryl methyl sites for hydroxylation is 1. The quantitative estimate of drug-likeness (QED) is 0.230. The van der Waals surface area contributed by atoms with Gasteiger partial charge in [-0.2, -0.15) is 0 Å². The number of rotatable bonds is 10. The second-order valence-electron chi connectivity index (χ2n) is 9.40. The molecule has 0 aromatic heterocycles. The molecule has 0 bridgehead atoms. The zero-order valence-corrected chi connectivity index (χ0v) is 20.5. The van der Waals surface area contributed by atoms with Gasteiger partial charge in [0.2, 0.25) is 0 Å². The first-order chi connectivity index (χ1) is 14.3. The van der Waals surface area contributed by atoms with Gasteiger partial charge in [0, 0.05) is 6.42 Å². The van der Waals surface area contributed by atoms with Crippen molar-refractivity contribution >= 4 is 8.32 Å². The molecule has 0 amide bonds. The molecule has 162 valence electrons. The van der Waals surface area contributed by atoms with Gasteiger partial charge in [-0.1, -0.05) is 81.3 Å². The smallest absolute Gasteiger partial charge is 0.192 e. The lowest BCUT2D eigenvalue weighted by Crippen LogP contribution is -2.40. The molecule has 2 aromatic rings. The summed E-state index contributed by atoms with van der Waals surface area (Å²) in [6.45, 7) is 13.2. The monoisotopic (exact) mass is 422 g/mol. The highest BCUT2D eigenvalue weighted by atomic mass is 28.4. The van der Waals surface area contributed by atoms with E-state index in [1.54, 1.807) is 0 Å². The largest absolute Gasteiger partial charge is 0.413 e. The maximum Gasteiger partial charge on any atom is 0.192 e. The van der Waals surface area contributed by atoms with Crippen LogP contribution in [0, 0.1) is 11.8 Å². The zero-order valence-electron chi connectivity index (χ0n) is 19.5. The first kappa shape index (κ1) is 24.4. The highest BCUT2D eigenvalue weighted by Gasteiger charge is 2.36. The molecule has 3 heteroatoms. The van der Waals surface area contributed by atoms with E-state index in [1.807, 2.05) is 0 Å². The van der Waals surface area contributed by atoms with Crippen LogP contribution in [0.1, 0.15) is 56.7 Å². The topological polar surface area (TPSA) is 18.5 Å². The third-order valence-electron chi connectivity index (χ3n) is 5.86. The molecule has 0 aliphatic rings. The summed E-state index contributed by atoms with van der Waals surface area (Å²) >= 11 is 0. The van der Waals surface area contributed by atoms with E-state index in [0.717, 1.165) is 19.3 Å². The van der Waals surface area contributed by atoms with Gasteiger partial charge < -0.3 is 9.16 Å². The van der Waals surface area contributed by atoms with E-state index in [-0.39, 0.29) is 5.04 Å². The van der Waals surface area contributed by atoms with Crippen LogP contribution < -0.4 is 0 Å². The number of benzene rings is 2. The van der Waals surface area contributed by atoms with E-state index in [1.165, 1.54) is 23.1 Å². The highest BCUT2D eigenvalue weighted by Crippen LogP contribution is 2.37. The molecule has 0 radical (unpaired) electrons. The average Bonchev–Trinajstić information content (AvgIpc) is 2.72. The predicted octanol–water partition coefficient (Wildman–Crippen LogP) is 7.14. The van der Waals surface area contributed by atoms with E-state index in [2.05, 4.69) is 100 Å². The van der Waals surface area contributed by atoms with Gasteiger partial charge in [-0.15, -0.1) is 5.92 Å². The summed E-state index contributed by atoms with van der Waals surface area (Å²) in [5.74, 6) is 6.35. The average molecular weight is 423 g/mol. The highest BCUT2D eigenvalue weighted by molar-refractivity contribution is 6.74. The zero-order chi connectivity index (χ0) is 21.9. The molecule has 0 aliphatic heterocycles. The minimum Gasteiger partial charge on any atom is -0.413 e. The Hall–Kier alpha value is -1.86. The summed E-state index contributed by atoms with van der Waals surface area (Å²) in [6, 6.07) is 19.2. The van der Waals surface area contributed by atoms with Crippen LogP contribution in [-0.2, 0) is 28.8 Å². The molecule has 0 unspecified atom stereocenters. The molecular formula is C27H38O2Si. The predicted molar refractivity (Wildman–Crippen MR) is 130 cm³/mol. The number of hydrogen-bond acceptors (Lipinski definition) is 2. The summed E-state index contributed by atoms with van der Waals surface area (Å²) in [5, 5.41) is 0.240. The first-order valence-corrected chi connectivity index (χ1v) is 14.0. The Morgan fingerprint density at radius 1 is 0.767 bits per heavy atom. The Morgan fingerprint density at radius 2 is 1.40 bits per heavy atom. The van der Waals surface area contributed by atoms with Crippen molar-refractivity contribution in [1.29, 1.82) is 0 Å². The summed E-state index contributed by atoms with van der Waals surface area (Å²) in [6.07, 6.45) is 4.40. The van der Waals surface area contributed by atoms with Crippen molar-refractivity contribution in [3.63, 3.8) is 0 Å². The molecule has 2 rings (SSSR count). The van der Waals surface area contributed by atoms with Crippen molar-refractivity contribution in [2.45, 2.75) is 77.8 Å². The SMILES string of the molecule is CC(C)(C)[Si](C)(C)OCc1ccc(COCC#CCCCCc2ccccc2)cc1. The Bertz CT molecular complexity index is 793. The third kappa shape index (κ3) is 8.88. The summed E-state index contributed by atoms with van der Waals surface area (Å²) < 4.78 is 12.0. The maximum absolute atomic E-state index is 6.29. The van der Waals surface area contributed by atoms with Crippen molar-refractivity contribution in [2.75, 3.05) is 6.61 Å². The Morgan fingerprint density at radius 3 is 2.03 bits per heavy atom. The van der Waals surface area contributed by atoms with E-state index in [4.69, 9.17) is 9.16 Å². The second-order valence-corrected chi connectivity index (χ2v) is 14.2. The first-order valence-electron chi connectivity index (χ1n) is 11.1. The molecular weight excluding hydrogens is 384 g/mol. The van der Waals surface area contributed by atoms with Crippen LogP contribution in [0.4, 0.5) is 0 Å². The lowest BCUT2D eigenvalue weighted by Gasteiger charge is -2.36. The van der Waals surface area contributed by atoms with E-state index < -0.39 is 8.32 Å². The number of ether oxygens (including phenoxy) is 1. The van der Waals surface area contributed by atoms with Crippen molar-refractivity contribution in [3.05, 3.63) is 71.3 Å². The maximum atomic E-state index is 6.29. The van der Waals surface area contributed by atoms with Gasteiger partial charge in [0.25, 0.3) is 0 Å². The van der Waals surface area contributed by atoms with Crippen LogP contribution in [-0.4, -0.2) is 14.9 Å². The lowest BCUT2D eigenvalue weighted by atomic mass is 10.1. The molecule has 30 heavy (non-hydrogen) atoms. The van der Waals surface area contributed by atoms with Gasteiger partial charge in [0.15, 0.2) is 8.32 Å². The minimum absolute atomic E-state index is 0.240. The summed E-state index contributed by atoms with van der Waals surface area (Å²) in [7, 11) is -1.70. The van der Waals surface area contributed by atoms with Gasteiger partial charge >= 0.3 is 0 Å². The molecule has 0 fully saturated rings.